The van der Waals surface area contributed by atoms with Gasteiger partial charge in [0.1, 0.15) is 6.04 Å². The zero-order valence-electron chi connectivity index (χ0n) is 7.69. The lowest BCUT2D eigenvalue weighted by molar-refractivity contribution is -0.141. The molecule has 0 radical (unpaired) electrons. The Morgan fingerprint density at radius 3 is 2.77 bits per heavy atom. The van der Waals surface area contributed by atoms with Crippen molar-refractivity contribution in [2.75, 3.05) is 18.6 Å². The standard InChI is InChI=1S/C8H15NO2S.ClH/c1-11-8(10)7(9)5-12-4-6-2-3-6;/h6-7H,2-5,9H2,1H3;1H/t7-;/m0./s1. The number of carbonyl (C=O) groups is 1. The Morgan fingerprint density at radius 1 is 1.69 bits per heavy atom. The maximum absolute atomic E-state index is 10.8. The Kier molecular flexibility index (Phi) is 6.55. The molecule has 1 fully saturated rings. The van der Waals surface area contributed by atoms with Crippen molar-refractivity contribution in [1.82, 2.24) is 0 Å². The summed E-state index contributed by atoms with van der Waals surface area (Å²) in [4.78, 5) is 10.8. The van der Waals surface area contributed by atoms with Crippen LogP contribution in [-0.4, -0.2) is 30.6 Å². The number of carbonyl (C=O) groups excluding carboxylic acids is 1. The van der Waals surface area contributed by atoms with E-state index in [1.54, 1.807) is 11.8 Å². The van der Waals surface area contributed by atoms with Gasteiger partial charge in [-0.1, -0.05) is 0 Å². The second-order valence-electron chi connectivity index (χ2n) is 3.11. The largest absolute Gasteiger partial charge is 0.468 e. The maximum Gasteiger partial charge on any atom is 0.323 e. The first-order chi connectivity index (χ1) is 5.74. The zero-order chi connectivity index (χ0) is 8.97. The summed E-state index contributed by atoms with van der Waals surface area (Å²) < 4.78 is 4.51. The molecule has 0 aromatic rings. The number of nitrogens with two attached hydrogens (primary N) is 1. The molecule has 3 nitrogen and oxygen atoms in total. The van der Waals surface area contributed by atoms with E-state index in [0.29, 0.717) is 5.75 Å². The van der Waals surface area contributed by atoms with Crippen LogP contribution in [0.5, 0.6) is 0 Å². The number of halogens is 1. The van der Waals surface area contributed by atoms with E-state index in [0.717, 1.165) is 11.7 Å². The number of ether oxygens (including phenoxy) is 1. The topological polar surface area (TPSA) is 52.3 Å². The zero-order valence-corrected chi connectivity index (χ0v) is 9.33. The smallest absolute Gasteiger partial charge is 0.323 e. The van der Waals surface area contributed by atoms with Crippen molar-refractivity contribution in [3.63, 3.8) is 0 Å². The van der Waals surface area contributed by atoms with Gasteiger partial charge in [-0.25, -0.2) is 0 Å². The Bertz CT molecular complexity index is 164. The molecule has 78 valence electrons. The average molecular weight is 226 g/mol. The fraction of sp³-hybridized carbons (Fsp3) is 0.875. The van der Waals surface area contributed by atoms with Crippen molar-refractivity contribution in [3.05, 3.63) is 0 Å². The molecule has 0 bridgehead atoms. The van der Waals surface area contributed by atoms with Gasteiger partial charge in [-0.3, -0.25) is 4.79 Å². The molecule has 1 rings (SSSR count). The fourth-order valence-corrected chi connectivity index (χ4v) is 2.06. The Labute approximate surface area is 89.2 Å². The first kappa shape index (κ1) is 13.1. The van der Waals surface area contributed by atoms with Crippen molar-refractivity contribution in [2.45, 2.75) is 18.9 Å². The van der Waals surface area contributed by atoms with Crippen LogP contribution >= 0.6 is 24.2 Å². The molecule has 0 unspecified atom stereocenters. The predicted octanol–water partition coefficient (Wildman–Crippen LogP) is 1.05. The molecule has 0 aromatic heterocycles. The highest BCUT2D eigenvalue weighted by atomic mass is 35.5. The monoisotopic (exact) mass is 225 g/mol. The van der Waals surface area contributed by atoms with Crippen molar-refractivity contribution in [1.29, 1.82) is 0 Å². The third kappa shape index (κ3) is 5.39. The first-order valence-electron chi connectivity index (χ1n) is 4.15. The highest BCUT2D eigenvalue weighted by molar-refractivity contribution is 7.99. The van der Waals surface area contributed by atoms with Crippen molar-refractivity contribution >= 4 is 30.1 Å². The van der Waals surface area contributed by atoms with Crippen molar-refractivity contribution in [3.8, 4) is 0 Å². The summed E-state index contributed by atoms with van der Waals surface area (Å²) in [6.07, 6.45) is 2.70. The number of hydrogen-bond acceptors (Lipinski definition) is 4. The Balaban J connectivity index is 0.00000144. The lowest BCUT2D eigenvalue weighted by atomic mass is 10.4. The summed E-state index contributed by atoms with van der Waals surface area (Å²) >= 11 is 1.75. The molecule has 5 heteroatoms. The van der Waals surface area contributed by atoms with Crippen LogP contribution in [0.25, 0.3) is 0 Å². The SMILES string of the molecule is COC(=O)[C@@H](N)CSCC1CC1.Cl. The van der Waals surface area contributed by atoms with Gasteiger partial charge in [-0.2, -0.15) is 11.8 Å². The van der Waals surface area contributed by atoms with E-state index in [9.17, 15) is 4.79 Å². The molecule has 0 saturated heterocycles. The first-order valence-corrected chi connectivity index (χ1v) is 5.30. The van der Waals surface area contributed by atoms with Gasteiger partial charge < -0.3 is 10.5 Å². The quantitative estimate of drug-likeness (QED) is 0.711. The normalized spacial score (nSPS) is 17.4. The number of hydrogen-bond donors (Lipinski definition) is 1. The second kappa shape index (κ2) is 6.51. The van der Waals surface area contributed by atoms with Crippen LogP contribution in [0.4, 0.5) is 0 Å². The van der Waals surface area contributed by atoms with Crippen molar-refractivity contribution in [2.24, 2.45) is 11.7 Å². The summed E-state index contributed by atoms with van der Waals surface area (Å²) in [5.74, 6) is 2.41. The summed E-state index contributed by atoms with van der Waals surface area (Å²) in [7, 11) is 1.37. The number of methoxy groups -OCH3 is 1. The van der Waals surface area contributed by atoms with Gasteiger partial charge in [0.2, 0.25) is 0 Å². The van der Waals surface area contributed by atoms with Gasteiger partial charge >= 0.3 is 5.97 Å². The molecule has 0 amide bonds. The molecule has 0 heterocycles. The predicted molar refractivity (Wildman–Crippen MR) is 57.3 cm³/mol. The maximum atomic E-state index is 10.8. The molecular formula is C8H16ClNO2S. The van der Waals surface area contributed by atoms with Crippen LogP contribution in [-0.2, 0) is 9.53 Å². The van der Waals surface area contributed by atoms with Gasteiger partial charge in [0, 0.05) is 5.75 Å². The Hall–Kier alpha value is 0.0700. The number of rotatable bonds is 5. The summed E-state index contributed by atoms with van der Waals surface area (Å²) in [6, 6.07) is -0.446. The average Bonchev–Trinajstić information content (AvgIpc) is 2.86. The highest BCUT2D eigenvalue weighted by Gasteiger charge is 2.22. The molecule has 0 aliphatic heterocycles. The molecule has 0 spiro atoms. The summed E-state index contributed by atoms with van der Waals surface area (Å²) in [5, 5.41) is 0. The fourth-order valence-electron chi connectivity index (χ4n) is 0.866. The van der Waals surface area contributed by atoms with E-state index in [1.165, 1.54) is 20.0 Å². The van der Waals surface area contributed by atoms with E-state index >= 15 is 0 Å². The van der Waals surface area contributed by atoms with Crippen LogP contribution in [0.3, 0.4) is 0 Å². The van der Waals surface area contributed by atoms with E-state index in [1.807, 2.05) is 0 Å². The van der Waals surface area contributed by atoms with Gasteiger partial charge in [0.25, 0.3) is 0 Å². The van der Waals surface area contributed by atoms with Crippen molar-refractivity contribution < 1.29 is 9.53 Å². The van der Waals surface area contributed by atoms with Gasteiger partial charge in [0.05, 0.1) is 7.11 Å². The Morgan fingerprint density at radius 2 is 2.31 bits per heavy atom. The molecule has 1 saturated carbocycles. The molecule has 1 aliphatic carbocycles. The molecule has 1 aliphatic rings. The third-order valence-corrected chi connectivity index (χ3v) is 3.15. The molecular weight excluding hydrogens is 210 g/mol. The molecule has 0 aromatic carbocycles. The lowest BCUT2D eigenvalue weighted by Gasteiger charge is -2.07. The lowest BCUT2D eigenvalue weighted by Crippen LogP contribution is -2.33. The van der Waals surface area contributed by atoms with Crippen LogP contribution in [0.1, 0.15) is 12.8 Å². The minimum Gasteiger partial charge on any atom is -0.468 e. The number of thioether (sulfide) groups is 1. The van der Waals surface area contributed by atoms with Gasteiger partial charge in [0.15, 0.2) is 0 Å². The van der Waals surface area contributed by atoms with Gasteiger partial charge in [-0.15, -0.1) is 12.4 Å². The number of esters is 1. The van der Waals surface area contributed by atoms with E-state index in [-0.39, 0.29) is 18.4 Å². The van der Waals surface area contributed by atoms with Crippen LogP contribution in [0.15, 0.2) is 0 Å². The van der Waals surface area contributed by atoms with Gasteiger partial charge in [-0.05, 0) is 24.5 Å². The van der Waals surface area contributed by atoms with Crippen LogP contribution in [0.2, 0.25) is 0 Å². The summed E-state index contributed by atoms with van der Waals surface area (Å²) in [6.45, 7) is 0. The van der Waals surface area contributed by atoms with E-state index < -0.39 is 6.04 Å². The van der Waals surface area contributed by atoms with Crippen LogP contribution in [0, 0.1) is 5.92 Å². The third-order valence-electron chi connectivity index (χ3n) is 1.85. The summed E-state index contributed by atoms with van der Waals surface area (Å²) in [5.41, 5.74) is 5.54. The minimum absolute atomic E-state index is 0. The molecule has 2 N–H and O–H groups in total. The van der Waals surface area contributed by atoms with E-state index in [4.69, 9.17) is 5.73 Å². The molecule has 13 heavy (non-hydrogen) atoms. The van der Waals surface area contributed by atoms with Crippen LogP contribution < -0.4 is 5.73 Å². The minimum atomic E-state index is -0.446. The van der Waals surface area contributed by atoms with E-state index in [2.05, 4.69) is 4.74 Å². The molecule has 1 atom stereocenters. The highest BCUT2D eigenvalue weighted by Crippen LogP contribution is 2.32. The second-order valence-corrected chi connectivity index (χ2v) is 4.19.